The molecule has 1 saturated heterocycles. The summed E-state index contributed by atoms with van der Waals surface area (Å²) in [6, 6.07) is 7.51. The molecule has 3 rings (SSSR count). The van der Waals surface area contributed by atoms with Crippen molar-refractivity contribution in [3.05, 3.63) is 30.6 Å². The van der Waals surface area contributed by atoms with Gasteiger partial charge in [0.25, 0.3) is 0 Å². The maximum absolute atomic E-state index is 11.3. The topological polar surface area (TPSA) is 61.3 Å². The van der Waals surface area contributed by atoms with Crippen LogP contribution in [0.2, 0.25) is 0 Å². The number of aromatic nitrogens is 2. The number of ether oxygens (including phenoxy) is 2. The number of esters is 1. The van der Waals surface area contributed by atoms with Gasteiger partial charge in [0, 0.05) is 6.42 Å². The van der Waals surface area contributed by atoms with Crippen molar-refractivity contribution in [3.8, 4) is 5.88 Å². The molecule has 2 aromatic rings. The SMILES string of the molecule is O=C1OCC[C@H]1Oc1ncnc2ccccc12. The van der Waals surface area contributed by atoms with Crippen LogP contribution in [0.5, 0.6) is 5.88 Å². The second-order valence-corrected chi connectivity index (χ2v) is 3.76. The van der Waals surface area contributed by atoms with Crippen LogP contribution >= 0.6 is 0 Å². The normalized spacial score (nSPS) is 19.3. The molecule has 0 saturated carbocycles. The fourth-order valence-electron chi connectivity index (χ4n) is 1.79. The zero-order valence-corrected chi connectivity index (χ0v) is 9.00. The van der Waals surface area contributed by atoms with Gasteiger partial charge in [0.1, 0.15) is 6.33 Å². The first-order chi connectivity index (χ1) is 8.34. The maximum Gasteiger partial charge on any atom is 0.347 e. The van der Waals surface area contributed by atoms with Gasteiger partial charge in [-0.3, -0.25) is 0 Å². The highest BCUT2D eigenvalue weighted by Gasteiger charge is 2.29. The Morgan fingerprint density at radius 3 is 3.00 bits per heavy atom. The lowest BCUT2D eigenvalue weighted by Crippen LogP contribution is -2.22. The summed E-state index contributed by atoms with van der Waals surface area (Å²) < 4.78 is 10.4. The summed E-state index contributed by atoms with van der Waals surface area (Å²) >= 11 is 0. The van der Waals surface area contributed by atoms with Crippen molar-refractivity contribution in [2.45, 2.75) is 12.5 Å². The van der Waals surface area contributed by atoms with E-state index in [1.165, 1.54) is 6.33 Å². The average Bonchev–Trinajstić information content (AvgIpc) is 2.76. The molecule has 1 atom stereocenters. The minimum absolute atomic E-state index is 0.326. The first kappa shape index (κ1) is 10.0. The number of hydrogen-bond acceptors (Lipinski definition) is 5. The van der Waals surface area contributed by atoms with E-state index in [1.807, 2.05) is 24.3 Å². The van der Waals surface area contributed by atoms with Crippen LogP contribution in [0, 0.1) is 0 Å². The summed E-state index contributed by atoms with van der Waals surface area (Å²) in [5.74, 6) is 0.104. The van der Waals surface area contributed by atoms with Gasteiger partial charge in [-0.2, -0.15) is 0 Å². The van der Waals surface area contributed by atoms with Crippen LogP contribution in [0.1, 0.15) is 6.42 Å². The molecular weight excluding hydrogens is 220 g/mol. The quantitative estimate of drug-likeness (QED) is 0.728. The molecule has 1 aliphatic heterocycles. The smallest absolute Gasteiger partial charge is 0.347 e. The van der Waals surface area contributed by atoms with Crippen LogP contribution in [0.3, 0.4) is 0 Å². The number of benzene rings is 1. The van der Waals surface area contributed by atoms with Crippen LogP contribution in [-0.2, 0) is 9.53 Å². The molecule has 0 spiro atoms. The van der Waals surface area contributed by atoms with E-state index in [2.05, 4.69) is 9.97 Å². The summed E-state index contributed by atoms with van der Waals surface area (Å²) in [6.45, 7) is 0.409. The van der Waals surface area contributed by atoms with Gasteiger partial charge in [-0.25, -0.2) is 14.8 Å². The summed E-state index contributed by atoms with van der Waals surface area (Å²) in [6.07, 6.45) is 1.45. The monoisotopic (exact) mass is 230 g/mol. The lowest BCUT2D eigenvalue weighted by atomic mass is 10.2. The van der Waals surface area contributed by atoms with E-state index >= 15 is 0 Å². The number of rotatable bonds is 2. The van der Waals surface area contributed by atoms with Crippen LogP contribution in [0.25, 0.3) is 10.9 Å². The van der Waals surface area contributed by atoms with Crippen molar-refractivity contribution >= 4 is 16.9 Å². The van der Waals surface area contributed by atoms with E-state index in [4.69, 9.17) is 9.47 Å². The Morgan fingerprint density at radius 1 is 1.29 bits per heavy atom. The van der Waals surface area contributed by atoms with E-state index in [1.54, 1.807) is 0 Å². The van der Waals surface area contributed by atoms with Crippen molar-refractivity contribution in [2.75, 3.05) is 6.61 Å². The Bertz CT molecular complexity index is 565. The second-order valence-electron chi connectivity index (χ2n) is 3.76. The number of hydrogen-bond donors (Lipinski definition) is 0. The third-order valence-corrected chi connectivity index (χ3v) is 2.65. The number of carbonyl (C=O) groups excluding carboxylic acids is 1. The number of nitrogens with zero attached hydrogens (tertiary/aromatic N) is 2. The maximum atomic E-state index is 11.3. The predicted octanol–water partition coefficient (Wildman–Crippen LogP) is 1.32. The van der Waals surface area contributed by atoms with Gasteiger partial charge < -0.3 is 9.47 Å². The van der Waals surface area contributed by atoms with Crippen molar-refractivity contribution in [3.63, 3.8) is 0 Å². The summed E-state index contributed by atoms with van der Waals surface area (Å²) in [4.78, 5) is 19.5. The fourth-order valence-corrected chi connectivity index (χ4v) is 1.79. The minimum Gasteiger partial charge on any atom is -0.463 e. The standard InChI is InChI=1S/C12H10N2O3/c15-12-10(5-6-16-12)17-11-8-3-1-2-4-9(8)13-7-14-11/h1-4,7,10H,5-6H2/t10-/m1/s1. The Hall–Kier alpha value is -2.17. The first-order valence-corrected chi connectivity index (χ1v) is 5.37. The van der Waals surface area contributed by atoms with Crippen LogP contribution < -0.4 is 4.74 Å². The number of para-hydroxylation sites is 1. The van der Waals surface area contributed by atoms with Crippen molar-refractivity contribution < 1.29 is 14.3 Å². The third-order valence-electron chi connectivity index (χ3n) is 2.65. The Labute approximate surface area is 97.4 Å². The predicted molar refractivity (Wildman–Crippen MR) is 59.5 cm³/mol. The molecule has 2 heterocycles. The van der Waals surface area contributed by atoms with Crippen LogP contribution in [0.15, 0.2) is 30.6 Å². The summed E-state index contributed by atoms with van der Waals surface area (Å²) in [5, 5.41) is 0.801. The fraction of sp³-hybridized carbons (Fsp3) is 0.250. The highest BCUT2D eigenvalue weighted by molar-refractivity contribution is 5.84. The molecule has 0 aliphatic carbocycles. The van der Waals surface area contributed by atoms with Crippen molar-refractivity contribution in [1.82, 2.24) is 9.97 Å². The lowest BCUT2D eigenvalue weighted by molar-refractivity contribution is -0.143. The summed E-state index contributed by atoms with van der Waals surface area (Å²) in [7, 11) is 0. The highest BCUT2D eigenvalue weighted by atomic mass is 16.6. The Balaban J connectivity index is 1.97. The summed E-state index contributed by atoms with van der Waals surface area (Å²) in [5.41, 5.74) is 0.795. The number of cyclic esters (lactones) is 1. The molecule has 1 aromatic carbocycles. The Morgan fingerprint density at radius 2 is 2.18 bits per heavy atom. The lowest BCUT2D eigenvalue weighted by Gasteiger charge is -2.10. The van der Waals surface area contributed by atoms with E-state index in [0.717, 1.165) is 10.9 Å². The van der Waals surface area contributed by atoms with Gasteiger partial charge in [-0.15, -0.1) is 0 Å². The molecule has 1 aliphatic rings. The van der Waals surface area contributed by atoms with E-state index in [0.29, 0.717) is 18.9 Å². The molecule has 0 N–H and O–H groups in total. The molecule has 0 bridgehead atoms. The average molecular weight is 230 g/mol. The van der Waals surface area contributed by atoms with Gasteiger partial charge >= 0.3 is 5.97 Å². The third kappa shape index (κ3) is 1.80. The van der Waals surface area contributed by atoms with Crippen LogP contribution in [-0.4, -0.2) is 28.6 Å². The largest absolute Gasteiger partial charge is 0.463 e. The van der Waals surface area contributed by atoms with Crippen molar-refractivity contribution in [1.29, 1.82) is 0 Å². The van der Waals surface area contributed by atoms with Gasteiger partial charge in [-0.1, -0.05) is 12.1 Å². The highest BCUT2D eigenvalue weighted by Crippen LogP contribution is 2.23. The number of fused-ring (bicyclic) bond motifs is 1. The second kappa shape index (κ2) is 4.01. The Kier molecular flexibility index (Phi) is 2.36. The van der Waals surface area contributed by atoms with Gasteiger partial charge in [0.05, 0.1) is 17.5 Å². The molecule has 5 nitrogen and oxygen atoms in total. The van der Waals surface area contributed by atoms with E-state index < -0.39 is 6.10 Å². The molecule has 17 heavy (non-hydrogen) atoms. The van der Waals surface area contributed by atoms with Gasteiger partial charge in [0.15, 0.2) is 0 Å². The van der Waals surface area contributed by atoms with Crippen LogP contribution in [0.4, 0.5) is 0 Å². The molecule has 1 fully saturated rings. The first-order valence-electron chi connectivity index (χ1n) is 5.37. The zero-order valence-electron chi connectivity index (χ0n) is 9.00. The zero-order chi connectivity index (χ0) is 11.7. The molecule has 5 heteroatoms. The molecule has 86 valence electrons. The van der Waals surface area contributed by atoms with Gasteiger partial charge in [0.2, 0.25) is 12.0 Å². The van der Waals surface area contributed by atoms with E-state index in [9.17, 15) is 4.79 Å². The molecular formula is C12H10N2O3. The molecule has 1 aromatic heterocycles. The molecule has 0 unspecified atom stereocenters. The van der Waals surface area contributed by atoms with Crippen molar-refractivity contribution in [2.24, 2.45) is 0 Å². The molecule has 0 radical (unpaired) electrons. The van der Waals surface area contributed by atoms with E-state index in [-0.39, 0.29) is 5.97 Å². The van der Waals surface area contributed by atoms with Gasteiger partial charge in [-0.05, 0) is 12.1 Å². The minimum atomic E-state index is -0.548. The number of carbonyl (C=O) groups is 1. The molecule has 0 amide bonds.